The molecular weight excluding hydrogens is 482 g/mol. The number of benzene rings is 3. The van der Waals surface area contributed by atoms with Gasteiger partial charge in [-0.05, 0) is 60.4 Å². The number of anilines is 1. The molecule has 1 heterocycles. The fraction of sp³-hybridized carbons (Fsp3) is 0.167. The lowest BCUT2D eigenvalue weighted by molar-refractivity contribution is -0.127. The summed E-state index contributed by atoms with van der Waals surface area (Å²) in [6, 6.07) is 19.9. The van der Waals surface area contributed by atoms with Gasteiger partial charge in [0, 0.05) is 11.3 Å². The largest absolute Gasteiger partial charge is 0.493 e. The molecule has 0 unspecified atom stereocenters. The third-order valence-electron chi connectivity index (χ3n) is 5.84. The van der Waals surface area contributed by atoms with E-state index in [1.807, 2.05) is 55.5 Å². The number of methoxy groups -OCH3 is 1. The van der Waals surface area contributed by atoms with Crippen LogP contribution in [0.1, 0.15) is 22.3 Å². The number of amides is 4. The average Bonchev–Trinajstić information content (AvgIpc) is 3.15. The van der Waals surface area contributed by atoms with E-state index in [-0.39, 0.29) is 5.70 Å². The van der Waals surface area contributed by atoms with Crippen molar-refractivity contribution in [3.8, 4) is 11.5 Å². The summed E-state index contributed by atoms with van der Waals surface area (Å²) in [5, 5.41) is 5.27. The number of carbonyl (C=O) groups excluding carboxylic acids is 3. The Hall–Kier alpha value is -4.85. The van der Waals surface area contributed by atoms with E-state index in [9.17, 15) is 14.4 Å². The first-order valence-electron chi connectivity index (χ1n) is 12.1. The van der Waals surface area contributed by atoms with Crippen LogP contribution in [0.4, 0.5) is 10.5 Å². The van der Waals surface area contributed by atoms with Crippen LogP contribution in [0.2, 0.25) is 0 Å². The molecule has 4 amide bonds. The number of rotatable bonds is 10. The number of aryl methyl sites for hydroxylation is 1. The zero-order valence-electron chi connectivity index (χ0n) is 21.3. The summed E-state index contributed by atoms with van der Waals surface area (Å²) in [6.45, 7) is 5.68. The van der Waals surface area contributed by atoms with Crippen LogP contribution in [0.25, 0.3) is 6.08 Å². The molecule has 8 heteroatoms. The van der Waals surface area contributed by atoms with Crippen molar-refractivity contribution in [3.05, 3.63) is 107 Å². The molecule has 8 nitrogen and oxygen atoms in total. The molecule has 0 atom stereocenters. The van der Waals surface area contributed by atoms with Gasteiger partial charge in [0.25, 0.3) is 5.91 Å². The van der Waals surface area contributed by atoms with Crippen LogP contribution in [0.15, 0.2) is 85.1 Å². The van der Waals surface area contributed by atoms with Gasteiger partial charge in [0.2, 0.25) is 5.91 Å². The first-order chi connectivity index (χ1) is 18.4. The van der Waals surface area contributed by atoms with Crippen LogP contribution >= 0.6 is 0 Å². The van der Waals surface area contributed by atoms with E-state index < -0.39 is 24.4 Å². The summed E-state index contributed by atoms with van der Waals surface area (Å²) in [4.78, 5) is 38.8. The van der Waals surface area contributed by atoms with Crippen LogP contribution in [-0.2, 0) is 22.6 Å². The van der Waals surface area contributed by atoms with E-state index in [0.717, 1.165) is 21.6 Å². The van der Waals surface area contributed by atoms with Gasteiger partial charge in [0.05, 0.1) is 7.11 Å². The van der Waals surface area contributed by atoms with Gasteiger partial charge in [-0.1, -0.05) is 48.5 Å². The number of hydrogen-bond acceptors (Lipinski definition) is 5. The Morgan fingerprint density at radius 3 is 2.58 bits per heavy atom. The van der Waals surface area contributed by atoms with E-state index in [2.05, 4.69) is 17.2 Å². The number of urea groups is 1. The molecule has 194 valence electrons. The van der Waals surface area contributed by atoms with E-state index in [1.54, 1.807) is 30.4 Å². The molecule has 1 fully saturated rings. The van der Waals surface area contributed by atoms with Gasteiger partial charge in [-0.2, -0.15) is 0 Å². The number of ether oxygens (including phenoxy) is 2. The Kier molecular flexibility index (Phi) is 8.23. The molecule has 2 N–H and O–H groups in total. The van der Waals surface area contributed by atoms with Crippen molar-refractivity contribution >= 4 is 29.6 Å². The Labute approximate surface area is 221 Å². The fourth-order valence-corrected chi connectivity index (χ4v) is 4.07. The Balaban J connectivity index is 1.52. The normalized spacial score (nSPS) is 13.8. The predicted octanol–water partition coefficient (Wildman–Crippen LogP) is 4.84. The SMILES string of the molecule is C=CCc1cc(/C=C2/NC(=O)N(CC(=O)Nc3cccc(C)c3)C2=O)cc(OC)c1OCc1ccccc1. The maximum absolute atomic E-state index is 13.0. The Bertz CT molecular complexity index is 1400. The molecule has 0 spiro atoms. The summed E-state index contributed by atoms with van der Waals surface area (Å²) >= 11 is 0. The summed E-state index contributed by atoms with van der Waals surface area (Å²) < 4.78 is 11.7. The number of nitrogens with one attached hydrogen (secondary N) is 2. The highest BCUT2D eigenvalue weighted by Crippen LogP contribution is 2.35. The second-order valence-corrected chi connectivity index (χ2v) is 8.78. The zero-order valence-corrected chi connectivity index (χ0v) is 21.3. The highest BCUT2D eigenvalue weighted by atomic mass is 16.5. The van der Waals surface area contributed by atoms with Crippen molar-refractivity contribution in [1.82, 2.24) is 10.2 Å². The molecule has 3 aromatic carbocycles. The Morgan fingerprint density at radius 1 is 1.08 bits per heavy atom. The first kappa shape index (κ1) is 26.2. The van der Waals surface area contributed by atoms with Gasteiger partial charge in [0.1, 0.15) is 18.8 Å². The van der Waals surface area contributed by atoms with Crippen molar-refractivity contribution < 1.29 is 23.9 Å². The number of nitrogens with zero attached hydrogens (tertiary/aromatic N) is 1. The molecular formula is C30H29N3O5. The van der Waals surface area contributed by atoms with Crippen LogP contribution in [-0.4, -0.2) is 36.4 Å². The minimum Gasteiger partial charge on any atom is -0.493 e. The molecule has 3 aromatic rings. The summed E-state index contributed by atoms with van der Waals surface area (Å²) in [5.41, 5.74) is 4.08. The molecule has 38 heavy (non-hydrogen) atoms. The van der Waals surface area contributed by atoms with E-state index >= 15 is 0 Å². The van der Waals surface area contributed by atoms with Gasteiger partial charge in [-0.15, -0.1) is 6.58 Å². The fourth-order valence-electron chi connectivity index (χ4n) is 4.07. The third-order valence-corrected chi connectivity index (χ3v) is 5.84. The number of imide groups is 1. The number of carbonyl (C=O) groups is 3. The van der Waals surface area contributed by atoms with Gasteiger partial charge >= 0.3 is 6.03 Å². The Morgan fingerprint density at radius 2 is 1.87 bits per heavy atom. The summed E-state index contributed by atoms with van der Waals surface area (Å²) in [6.07, 6.45) is 3.80. The molecule has 0 aliphatic carbocycles. The third kappa shape index (κ3) is 6.28. The topological polar surface area (TPSA) is 97.0 Å². The average molecular weight is 512 g/mol. The lowest BCUT2D eigenvalue weighted by Gasteiger charge is -2.16. The smallest absolute Gasteiger partial charge is 0.329 e. The lowest BCUT2D eigenvalue weighted by atomic mass is 10.0. The zero-order chi connectivity index (χ0) is 27.1. The predicted molar refractivity (Wildman–Crippen MR) is 146 cm³/mol. The van der Waals surface area contributed by atoms with Gasteiger partial charge in [-0.3, -0.25) is 9.59 Å². The van der Waals surface area contributed by atoms with E-state index in [1.165, 1.54) is 7.11 Å². The van der Waals surface area contributed by atoms with Gasteiger partial charge in [-0.25, -0.2) is 9.69 Å². The number of hydrogen-bond donors (Lipinski definition) is 2. The molecule has 0 bridgehead atoms. The van der Waals surface area contributed by atoms with Crippen LogP contribution in [0.3, 0.4) is 0 Å². The number of allylic oxidation sites excluding steroid dienone is 1. The van der Waals surface area contributed by atoms with Crippen molar-refractivity contribution in [2.45, 2.75) is 20.0 Å². The monoisotopic (exact) mass is 511 g/mol. The highest BCUT2D eigenvalue weighted by molar-refractivity contribution is 6.16. The molecule has 1 aliphatic heterocycles. The maximum Gasteiger partial charge on any atom is 0.329 e. The summed E-state index contributed by atoms with van der Waals surface area (Å²) in [7, 11) is 1.54. The van der Waals surface area contributed by atoms with Crippen molar-refractivity contribution in [1.29, 1.82) is 0 Å². The highest BCUT2D eigenvalue weighted by Gasteiger charge is 2.35. The van der Waals surface area contributed by atoms with E-state index in [0.29, 0.717) is 35.8 Å². The van der Waals surface area contributed by atoms with Crippen LogP contribution in [0.5, 0.6) is 11.5 Å². The van der Waals surface area contributed by atoms with Gasteiger partial charge in [0.15, 0.2) is 11.5 Å². The molecule has 1 aliphatic rings. The minimum atomic E-state index is -0.665. The van der Waals surface area contributed by atoms with Crippen molar-refractivity contribution in [2.24, 2.45) is 0 Å². The standard InChI is InChI=1S/C30H29N3O5/c1-4-9-23-15-22(17-26(37-3)28(23)38-19-21-11-6-5-7-12-21)16-25-29(35)33(30(36)32-25)18-27(34)31-24-13-8-10-20(2)14-24/h4-8,10-17H,1,9,18-19H2,2-3H3,(H,31,34)(H,32,36)/b25-16+. The second kappa shape index (κ2) is 11.9. The first-order valence-corrected chi connectivity index (χ1v) is 12.1. The second-order valence-electron chi connectivity index (χ2n) is 8.78. The summed E-state index contributed by atoms with van der Waals surface area (Å²) in [5.74, 6) is -0.00818. The molecule has 1 saturated heterocycles. The molecule has 0 saturated carbocycles. The van der Waals surface area contributed by atoms with Gasteiger partial charge < -0.3 is 20.1 Å². The van der Waals surface area contributed by atoms with E-state index in [4.69, 9.17) is 9.47 Å². The quantitative estimate of drug-likeness (QED) is 0.231. The molecule has 0 radical (unpaired) electrons. The maximum atomic E-state index is 13.0. The lowest BCUT2D eigenvalue weighted by Crippen LogP contribution is -2.38. The van der Waals surface area contributed by atoms with Crippen LogP contribution in [0, 0.1) is 6.92 Å². The molecule has 4 rings (SSSR count). The van der Waals surface area contributed by atoms with Crippen LogP contribution < -0.4 is 20.1 Å². The van der Waals surface area contributed by atoms with Crippen molar-refractivity contribution in [3.63, 3.8) is 0 Å². The molecule has 0 aromatic heterocycles. The minimum absolute atomic E-state index is 0.0583. The van der Waals surface area contributed by atoms with Crippen molar-refractivity contribution in [2.75, 3.05) is 19.0 Å².